The monoisotopic (exact) mass is 377 g/mol. The number of anilines is 1. The lowest BCUT2D eigenvalue weighted by Gasteiger charge is -2.25. The molecule has 0 saturated heterocycles. The fraction of sp³-hybridized carbons (Fsp3) is 0.318. The number of aromatic nitrogens is 1. The van der Waals surface area contributed by atoms with Gasteiger partial charge in [0.15, 0.2) is 0 Å². The summed E-state index contributed by atoms with van der Waals surface area (Å²) in [7, 11) is 0. The molecule has 2 amide bonds. The van der Waals surface area contributed by atoms with E-state index in [1.54, 1.807) is 19.9 Å². The van der Waals surface area contributed by atoms with Gasteiger partial charge in [-0.05, 0) is 49.9 Å². The number of carbonyl (C=O) groups excluding carboxylic acids is 2. The summed E-state index contributed by atoms with van der Waals surface area (Å²) < 4.78 is 5.65. The molecule has 1 aliphatic heterocycles. The van der Waals surface area contributed by atoms with E-state index in [1.165, 1.54) is 12.3 Å². The van der Waals surface area contributed by atoms with Gasteiger partial charge >= 0.3 is 0 Å². The van der Waals surface area contributed by atoms with Gasteiger partial charge in [-0.25, -0.2) is 0 Å². The third-order valence-electron chi connectivity index (χ3n) is 4.58. The number of terminal acetylenes is 1. The van der Waals surface area contributed by atoms with Crippen molar-refractivity contribution in [1.82, 2.24) is 10.3 Å². The molecule has 0 bridgehead atoms. The van der Waals surface area contributed by atoms with Gasteiger partial charge in [0.05, 0.1) is 12.1 Å². The van der Waals surface area contributed by atoms with Crippen LogP contribution in [-0.2, 0) is 4.79 Å². The third-order valence-corrected chi connectivity index (χ3v) is 4.58. The lowest BCUT2D eigenvalue weighted by atomic mass is 9.90. The molecule has 1 aromatic heterocycles. The molecule has 0 fully saturated rings. The molecule has 1 unspecified atom stereocenters. The molecule has 1 aromatic carbocycles. The van der Waals surface area contributed by atoms with Gasteiger partial charge in [-0.15, -0.1) is 6.42 Å². The Hall–Kier alpha value is -3.33. The number of hydrogen-bond acceptors (Lipinski definition) is 4. The average Bonchev–Trinajstić information content (AvgIpc) is 2.68. The summed E-state index contributed by atoms with van der Waals surface area (Å²) in [6.45, 7) is 4.05. The number of benzene rings is 1. The lowest BCUT2D eigenvalue weighted by Crippen LogP contribution is -2.42. The highest BCUT2D eigenvalue weighted by Gasteiger charge is 2.24. The summed E-state index contributed by atoms with van der Waals surface area (Å²) in [6.07, 6.45) is 8.01. The van der Waals surface area contributed by atoms with E-state index in [1.807, 2.05) is 24.3 Å². The fourth-order valence-corrected chi connectivity index (χ4v) is 3.08. The number of hydrogen-bond donors (Lipinski definition) is 2. The quantitative estimate of drug-likeness (QED) is 0.785. The molecule has 1 aliphatic rings. The number of nitrogens with one attached hydrogen (secondary N) is 2. The second-order valence-electron chi connectivity index (χ2n) is 7.28. The number of rotatable bonds is 5. The van der Waals surface area contributed by atoms with Crippen molar-refractivity contribution < 1.29 is 14.3 Å². The number of nitrogens with zero attached hydrogens (tertiary/aromatic N) is 1. The van der Waals surface area contributed by atoms with E-state index in [0.29, 0.717) is 18.7 Å². The first kappa shape index (κ1) is 19.4. The first-order valence-corrected chi connectivity index (χ1v) is 9.16. The van der Waals surface area contributed by atoms with E-state index >= 15 is 0 Å². The van der Waals surface area contributed by atoms with Crippen molar-refractivity contribution in [2.75, 3.05) is 11.9 Å². The minimum absolute atomic E-state index is 0.103. The number of fused-ring (bicyclic) bond motifs is 1. The Labute approximate surface area is 164 Å². The summed E-state index contributed by atoms with van der Waals surface area (Å²) in [6, 6.07) is 11.0. The van der Waals surface area contributed by atoms with Gasteiger partial charge < -0.3 is 15.4 Å². The highest BCUT2D eigenvalue weighted by molar-refractivity contribution is 5.96. The molecule has 0 aliphatic carbocycles. The van der Waals surface area contributed by atoms with Crippen molar-refractivity contribution in [3.05, 3.63) is 53.9 Å². The molecular weight excluding hydrogens is 354 g/mol. The minimum Gasteiger partial charge on any atom is -0.493 e. The van der Waals surface area contributed by atoms with Crippen LogP contribution in [0.25, 0.3) is 0 Å². The van der Waals surface area contributed by atoms with E-state index in [4.69, 9.17) is 11.2 Å². The summed E-state index contributed by atoms with van der Waals surface area (Å²) in [5, 5.41) is 5.57. The van der Waals surface area contributed by atoms with Crippen LogP contribution in [0.5, 0.6) is 5.75 Å². The van der Waals surface area contributed by atoms with Gasteiger partial charge in [-0.3, -0.25) is 14.6 Å². The molecule has 0 radical (unpaired) electrons. The molecule has 1 atom stereocenters. The largest absolute Gasteiger partial charge is 0.493 e. The second-order valence-corrected chi connectivity index (χ2v) is 7.28. The first-order chi connectivity index (χ1) is 13.4. The number of amides is 2. The molecule has 6 heteroatoms. The van der Waals surface area contributed by atoms with Crippen molar-refractivity contribution in [3.8, 4) is 18.1 Å². The van der Waals surface area contributed by atoms with Crippen LogP contribution in [0.3, 0.4) is 0 Å². The Balaban J connectivity index is 1.66. The van der Waals surface area contributed by atoms with E-state index in [-0.39, 0.29) is 17.5 Å². The molecule has 2 heterocycles. The van der Waals surface area contributed by atoms with Crippen LogP contribution in [0, 0.1) is 12.3 Å². The average molecular weight is 377 g/mol. The fourth-order valence-electron chi connectivity index (χ4n) is 3.08. The maximum atomic E-state index is 12.5. The number of carbonyl (C=O) groups is 2. The Morgan fingerprint density at radius 2 is 2.11 bits per heavy atom. The lowest BCUT2D eigenvalue weighted by molar-refractivity contribution is -0.116. The van der Waals surface area contributed by atoms with Gasteiger partial charge in [0.25, 0.3) is 5.91 Å². The summed E-state index contributed by atoms with van der Waals surface area (Å²) in [5.41, 5.74) is 0.978. The van der Waals surface area contributed by atoms with Crippen molar-refractivity contribution in [2.24, 2.45) is 0 Å². The first-order valence-electron chi connectivity index (χ1n) is 9.16. The third kappa shape index (κ3) is 4.68. The van der Waals surface area contributed by atoms with E-state index < -0.39 is 11.4 Å². The second kappa shape index (κ2) is 8.13. The Morgan fingerprint density at radius 1 is 1.32 bits per heavy atom. The van der Waals surface area contributed by atoms with Crippen LogP contribution in [0.1, 0.15) is 48.7 Å². The van der Waals surface area contributed by atoms with Gasteiger partial charge in [-0.2, -0.15) is 0 Å². The molecule has 2 aromatic rings. The Bertz CT molecular complexity index is 931. The van der Waals surface area contributed by atoms with Gasteiger partial charge in [-0.1, -0.05) is 24.1 Å². The summed E-state index contributed by atoms with van der Waals surface area (Å²) >= 11 is 0. The maximum absolute atomic E-state index is 12.5. The molecule has 2 N–H and O–H groups in total. The predicted octanol–water partition coefficient (Wildman–Crippen LogP) is 3.12. The maximum Gasteiger partial charge on any atom is 0.271 e. The van der Waals surface area contributed by atoms with Crippen LogP contribution < -0.4 is 15.4 Å². The standard InChI is InChI=1S/C22H23N3O3/c1-4-22(2,3)25-21(27)18-14-16(9-11-23-18)24-20(26)13-15-10-12-28-19-8-6-5-7-17(15)19/h1,5-9,11,14-15H,10,12-13H2,2-3H3,(H,25,27)(H,23,24,26). The van der Waals surface area contributed by atoms with Gasteiger partial charge in [0.2, 0.25) is 5.91 Å². The van der Waals surface area contributed by atoms with E-state index in [0.717, 1.165) is 17.7 Å². The smallest absolute Gasteiger partial charge is 0.271 e. The van der Waals surface area contributed by atoms with Crippen molar-refractivity contribution in [1.29, 1.82) is 0 Å². The van der Waals surface area contributed by atoms with E-state index in [9.17, 15) is 9.59 Å². The highest BCUT2D eigenvalue weighted by Crippen LogP contribution is 2.35. The van der Waals surface area contributed by atoms with Crippen molar-refractivity contribution in [2.45, 2.75) is 38.1 Å². The number of pyridine rings is 1. The molecule has 0 saturated carbocycles. The predicted molar refractivity (Wildman–Crippen MR) is 107 cm³/mol. The van der Waals surface area contributed by atoms with Crippen LogP contribution in [0.2, 0.25) is 0 Å². The molecule has 28 heavy (non-hydrogen) atoms. The summed E-state index contributed by atoms with van der Waals surface area (Å²) in [4.78, 5) is 28.9. The van der Waals surface area contributed by atoms with E-state index in [2.05, 4.69) is 21.5 Å². The van der Waals surface area contributed by atoms with Gasteiger partial charge in [0, 0.05) is 18.3 Å². The zero-order chi connectivity index (χ0) is 20.1. The normalized spacial score (nSPS) is 15.5. The molecule has 3 rings (SSSR count). The SMILES string of the molecule is C#CC(C)(C)NC(=O)c1cc(NC(=O)CC2CCOc3ccccc32)ccn1. The van der Waals surface area contributed by atoms with Crippen LogP contribution in [0.4, 0.5) is 5.69 Å². The Kier molecular flexibility index (Phi) is 5.65. The zero-order valence-corrected chi connectivity index (χ0v) is 16.0. The number of ether oxygens (including phenoxy) is 1. The highest BCUT2D eigenvalue weighted by atomic mass is 16.5. The molecule has 6 nitrogen and oxygen atoms in total. The zero-order valence-electron chi connectivity index (χ0n) is 16.0. The van der Waals surface area contributed by atoms with Crippen LogP contribution >= 0.6 is 0 Å². The molecular formula is C22H23N3O3. The van der Waals surface area contributed by atoms with Crippen LogP contribution in [-0.4, -0.2) is 28.9 Å². The van der Waals surface area contributed by atoms with Gasteiger partial charge in [0.1, 0.15) is 11.4 Å². The molecule has 144 valence electrons. The minimum atomic E-state index is -0.783. The topological polar surface area (TPSA) is 80.3 Å². The van der Waals surface area contributed by atoms with Crippen LogP contribution in [0.15, 0.2) is 42.6 Å². The van der Waals surface area contributed by atoms with Crippen molar-refractivity contribution in [3.63, 3.8) is 0 Å². The summed E-state index contributed by atoms with van der Waals surface area (Å²) in [5.74, 6) is 2.93. The number of para-hydroxylation sites is 1. The Morgan fingerprint density at radius 3 is 2.89 bits per heavy atom. The van der Waals surface area contributed by atoms with Crippen molar-refractivity contribution >= 4 is 17.5 Å². The molecule has 0 spiro atoms.